The first-order valence-corrected chi connectivity index (χ1v) is 5.60. The zero-order chi connectivity index (χ0) is 13.6. The second-order valence-electron chi connectivity index (χ2n) is 4.65. The highest BCUT2D eigenvalue weighted by Gasteiger charge is 2.63. The fourth-order valence-corrected chi connectivity index (χ4v) is 2.42. The third-order valence-corrected chi connectivity index (χ3v) is 3.40. The highest BCUT2D eigenvalue weighted by Crippen LogP contribution is 2.39. The summed E-state index contributed by atoms with van der Waals surface area (Å²) in [5, 5.41) is 1.67. The fraction of sp³-hybridized carbons (Fsp3) is 0.900. The van der Waals surface area contributed by atoms with Crippen LogP contribution in [0.1, 0.15) is 19.3 Å². The molecule has 2 heterocycles. The molecule has 18 heavy (non-hydrogen) atoms. The van der Waals surface area contributed by atoms with Crippen LogP contribution in [0.5, 0.6) is 0 Å². The minimum atomic E-state index is -5.86. The second-order valence-corrected chi connectivity index (χ2v) is 4.65. The lowest BCUT2D eigenvalue weighted by Gasteiger charge is -2.22. The number of hydrogen-bond acceptors (Lipinski definition) is 2. The van der Waals surface area contributed by atoms with Crippen LogP contribution in [-0.2, 0) is 9.53 Å². The molecule has 0 aliphatic carbocycles. The van der Waals surface area contributed by atoms with Crippen LogP contribution in [-0.4, -0.2) is 36.8 Å². The first kappa shape index (κ1) is 13.5. The largest absolute Gasteiger partial charge is 0.463 e. The van der Waals surface area contributed by atoms with E-state index >= 15 is 0 Å². The van der Waals surface area contributed by atoms with Crippen LogP contribution >= 0.6 is 0 Å². The Morgan fingerprint density at radius 1 is 1.22 bits per heavy atom. The van der Waals surface area contributed by atoms with Crippen LogP contribution in [0.3, 0.4) is 0 Å². The molecule has 0 aromatic heterocycles. The molecule has 0 aromatic carbocycles. The van der Waals surface area contributed by atoms with Crippen molar-refractivity contribution in [2.75, 3.05) is 6.54 Å². The molecule has 2 saturated heterocycles. The van der Waals surface area contributed by atoms with Gasteiger partial charge in [-0.3, -0.25) is 4.79 Å². The quantitative estimate of drug-likeness (QED) is 0.797. The predicted molar refractivity (Wildman–Crippen MR) is 50.0 cm³/mol. The summed E-state index contributed by atoms with van der Waals surface area (Å²) in [7, 11) is 0. The van der Waals surface area contributed by atoms with Gasteiger partial charge in [-0.1, -0.05) is 0 Å². The van der Waals surface area contributed by atoms with Gasteiger partial charge in [0, 0.05) is 12.5 Å². The normalized spacial score (nSPS) is 31.7. The summed E-state index contributed by atoms with van der Waals surface area (Å²) >= 11 is 0. The molecule has 3 unspecified atom stereocenters. The van der Waals surface area contributed by atoms with Gasteiger partial charge in [-0.15, -0.1) is 0 Å². The van der Waals surface area contributed by atoms with Gasteiger partial charge < -0.3 is 10.1 Å². The van der Waals surface area contributed by atoms with Gasteiger partial charge in [0.05, 0.1) is 12.2 Å². The molecule has 0 spiro atoms. The standard InChI is InChI=1S/C10H12F5NO2/c11-9(12,10(13,14)15)8(17)16-4-5-3-6-1-2-7(5)18-6/h5-7H,1-4H2,(H,16,17). The van der Waals surface area contributed by atoms with Crippen molar-refractivity contribution in [2.24, 2.45) is 5.92 Å². The molecule has 8 heteroatoms. The van der Waals surface area contributed by atoms with E-state index in [0.29, 0.717) is 6.42 Å². The lowest BCUT2D eigenvalue weighted by molar-refractivity contribution is -0.269. The third kappa shape index (κ3) is 2.30. The summed E-state index contributed by atoms with van der Waals surface area (Å²) in [5.74, 6) is -7.81. The molecule has 2 aliphatic heterocycles. The van der Waals surface area contributed by atoms with E-state index in [1.807, 2.05) is 0 Å². The number of halogens is 5. The van der Waals surface area contributed by atoms with Gasteiger partial charge >= 0.3 is 12.1 Å². The van der Waals surface area contributed by atoms with Crippen LogP contribution in [0.25, 0.3) is 0 Å². The lowest BCUT2D eigenvalue weighted by Crippen LogP contribution is -2.51. The van der Waals surface area contributed by atoms with Gasteiger partial charge in [0.25, 0.3) is 5.91 Å². The number of ether oxygens (including phenoxy) is 1. The van der Waals surface area contributed by atoms with Gasteiger partial charge in [0.2, 0.25) is 0 Å². The van der Waals surface area contributed by atoms with Crippen molar-refractivity contribution in [3.63, 3.8) is 0 Å². The highest BCUT2D eigenvalue weighted by atomic mass is 19.4. The maximum Gasteiger partial charge on any atom is 0.463 e. The van der Waals surface area contributed by atoms with E-state index in [-0.39, 0.29) is 24.7 Å². The summed E-state index contributed by atoms with van der Waals surface area (Å²) in [4.78, 5) is 10.9. The maximum atomic E-state index is 12.6. The number of fused-ring (bicyclic) bond motifs is 2. The first-order valence-electron chi connectivity index (χ1n) is 5.60. The van der Waals surface area contributed by atoms with Crippen LogP contribution in [0.4, 0.5) is 22.0 Å². The Bertz CT molecular complexity index is 344. The molecule has 0 aromatic rings. The van der Waals surface area contributed by atoms with Gasteiger partial charge in [-0.05, 0) is 19.3 Å². The van der Waals surface area contributed by atoms with Gasteiger partial charge in [0.15, 0.2) is 0 Å². The summed E-state index contributed by atoms with van der Waals surface area (Å²) in [6.45, 7) is -0.203. The minimum absolute atomic E-state index is 0.0556. The molecule has 1 N–H and O–H groups in total. The lowest BCUT2D eigenvalue weighted by atomic mass is 9.89. The summed E-state index contributed by atoms with van der Waals surface area (Å²) < 4.78 is 66.3. The van der Waals surface area contributed by atoms with Crippen molar-refractivity contribution in [1.82, 2.24) is 5.32 Å². The number of nitrogens with one attached hydrogen (secondary N) is 1. The number of carbonyl (C=O) groups excluding carboxylic acids is 1. The molecule has 3 atom stereocenters. The SMILES string of the molecule is O=C(NCC1CC2CCC1O2)C(F)(F)C(F)(F)F. The van der Waals surface area contributed by atoms with Crippen molar-refractivity contribution >= 4 is 5.91 Å². The fourth-order valence-electron chi connectivity index (χ4n) is 2.42. The maximum absolute atomic E-state index is 12.6. The van der Waals surface area contributed by atoms with Gasteiger partial charge in [-0.25, -0.2) is 0 Å². The average molecular weight is 273 g/mol. The molecule has 2 fully saturated rings. The molecule has 0 radical (unpaired) electrons. The number of amides is 1. The van der Waals surface area contributed by atoms with Gasteiger partial charge in [0.1, 0.15) is 0 Å². The van der Waals surface area contributed by atoms with Crippen molar-refractivity contribution in [1.29, 1.82) is 0 Å². The van der Waals surface area contributed by atoms with Crippen molar-refractivity contribution < 1.29 is 31.5 Å². The van der Waals surface area contributed by atoms with Crippen LogP contribution in [0.2, 0.25) is 0 Å². The Labute approximate surface area is 99.7 Å². The van der Waals surface area contributed by atoms with Crippen molar-refractivity contribution in [3.05, 3.63) is 0 Å². The van der Waals surface area contributed by atoms with Crippen molar-refractivity contribution in [2.45, 2.75) is 43.6 Å². The summed E-state index contributed by atoms with van der Waals surface area (Å²) in [6.07, 6.45) is -3.69. The second kappa shape index (κ2) is 4.32. The monoisotopic (exact) mass is 273 g/mol. The summed E-state index contributed by atoms with van der Waals surface area (Å²) in [5.41, 5.74) is 0. The van der Waals surface area contributed by atoms with E-state index in [0.717, 1.165) is 12.8 Å². The van der Waals surface area contributed by atoms with Crippen LogP contribution < -0.4 is 5.32 Å². The number of hydrogen-bond donors (Lipinski definition) is 1. The Morgan fingerprint density at radius 3 is 2.33 bits per heavy atom. The predicted octanol–water partition coefficient (Wildman–Crippen LogP) is 1.87. The topological polar surface area (TPSA) is 38.3 Å². The zero-order valence-electron chi connectivity index (χ0n) is 9.27. The Kier molecular flexibility index (Phi) is 3.25. The Morgan fingerprint density at radius 2 is 1.89 bits per heavy atom. The molecule has 1 amide bonds. The molecule has 2 rings (SSSR count). The molecule has 2 bridgehead atoms. The molecule has 2 aliphatic rings. The van der Waals surface area contributed by atoms with E-state index in [4.69, 9.17) is 4.74 Å². The average Bonchev–Trinajstić information content (AvgIpc) is 2.85. The highest BCUT2D eigenvalue weighted by molar-refractivity contribution is 5.84. The summed E-state index contributed by atoms with van der Waals surface area (Å²) in [6, 6.07) is 0. The molecule has 3 nitrogen and oxygen atoms in total. The van der Waals surface area contributed by atoms with E-state index in [1.165, 1.54) is 0 Å². The van der Waals surface area contributed by atoms with E-state index in [1.54, 1.807) is 5.32 Å². The first-order chi connectivity index (χ1) is 8.22. The Balaban J connectivity index is 1.85. The van der Waals surface area contributed by atoms with Crippen molar-refractivity contribution in [3.8, 4) is 0 Å². The zero-order valence-corrected chi connectivity index (χ0v) is 9.27. The Hall–Kier alpha value is -0.920. The van der Waals surface area contributed by atoms with Gasteiger partial charge in [-0.2, -0.15) is 22.0 Å². The number of carbonyl (C=O) groups is 1. The molecule has 0 saturated carbocycles. The van der Waals surface area contributed by atoms with E-state index < -0.39 is 18.0 Å². The minimum Gasteiger partial charge on any atom is -0.375 e. The third-order valence-electron chi connectivity index (χ3n) is 3.40. The molecular weight excluding hydrogens is 261 g/mol. The molecule has 104 valence electrons. The molecular formula is C10H12F5NO2. The van der Waals surface area contributed by atoms with E-state index in [2.05, 4.69) is 0 Å². The number of rotatable bonds is 3. The smallest absolute Gasteiger partial charge is 0.375 e. The number of alkyl halides is 5. The van der Waals surface area contributed by atoms with Crippen LogP contribution in [0.15, 0.2) is 0 Å². The van der Waals surface area contributed by atoms with E-state index in [9.17, 15) is 26.7 Å². The van der Waals surface area contributed by atoms with Crippen LogP contribution in [0, 0.1) is 5.92 Å².